The highest BCUT2D eigenvalue weighted by Gasteiger charge is 2.22. The first-order valence-electron chi connectivity index (χ1n) is 10.5. The molecule has 0 unspecified atom stereocenters. The zero-order valence-corrected chi connectivity index (χ0v) is 11.9. The highest BCUT2D eigenvalue weighted by atomic mass is 16.6. The van der Waals surface area contributed by atoms with Crippen molar-refractivity contribution in [3.05, 3.63) is 35.5 Å². The molecular formula is C16H21N3O2. The average Bonchev–Trinajstić information content (AvgIpc) is 3.03. The van der Waals surface area contributed by atoms with Gasteiger partial charge < -0.3 is 19.9 Å². The number of cyclic esters (lactones) is 1. The second kappa shape index (κ2) is 5.77. The van der Waals surface area contributed by atoms with E-state index >= 15 is 0 Å². The van der Waals surface area contributed by atoms with Gasteiger partial charge in [-0.3, -0.25) is 0 Å². The van der Waals surface area contributed by atoms with Crippen molar-refractivity contribution in [2.45, 2.75) is 18.9 Å². The number of H-pyrrole nitrogens is 1. The molecule has 1 amide bonds. The van der Waals surface area contributed by atoms with Crippen molar-refractivity contribution < 1.29 is 20.6 Å². The predicted octanol–water partition coefficient (Wildman–Crippen LogP) is 1.92. The molecule has 1 aromatic heterocycles. The van der Waals surface area contributed by atoms with E-state index < -0.39 is 31.1 Å². The van der Waals surface area contributed by atoms with E-state index in [1.807, 2.05) is 19.0 Å². The number of hydrogen-bond acceptors (Lipinski definition) is 3. The number of ether oxygens (including phenoxy) is 1. The summed E-state index contributed by atoms with van der Waals surface area (Å²) in [7, 11) is 3.74. The SMILES string of the molecule is [2H]c1c(C[C@]2([2H])N([2H])C(=O)OC2([2H])[2H])c([2H])c2c(CCN(C)C)cn([2H])c2c1[2H]. The van der Waals surface area contributed by atoms with Crippen molar-refractivity contribution in [2.75, 3.05) is 27.2 Å². The number of aromatic amines is 1. The Balaban J connectivity index is 2.19. The van der Waals surface area contributed by atoms with E-state index in [2.05, 4.69) is 4.74 Å². The first-order valence-corrected chi connectivity index (χ1v) is 6.60. The summed E-state index contributed by atoms with van der Waals surface area (Å²) in [5.41, 5.74) is 0.558. The number of amides is 1. The third-order valence-electron chi connectivity index (χ3n) is 3.17. The topological polar surface area (TPSA) is 57.4 Å². The Morgan fingerprint density at radius 3 is 3.19 bits per heavy atom. The van der Waals surface area contributed by atoms with Gasteiger partial charge in [-0.15, -0.1) is 0 Å². The number of aromatic nitrogens is 1. The molecule has 1 saturated heterocycles. The van der Waals surface area contributed by atoms with Crippen LogP contribution in [0.5, 0.6) is 0 Å². The molecule has 3 rings (SSSR count). The predicted molar refractivity (Wildman–Crippen MR) is 82.5 cm³/mol. The first-order chi connectivity index (χ1) is 13.3. The normalized spacial score (nSPS) is 30.0. The molecule has 2 N–H and O–H groups in total. The smallest absolute Gasteiger partial charge is 0.407 e. The Kier molecular flexibility index (Phi) is 2.01. The summed E-state index contributed by atoms with van der Waals surface area (Å²) in [6, 6.07) is -3.51. The van der Waals surface area contributed by atoms with Crippen LogP contribution in [-0.4, -0.2) is 49.2 Å². The molecule has 5 nitrogen and oxygen atoms in total. The van der Waals surface area contributed by atoms with Gasteiger partial charge in [0.05, 0.1) is 14.2 Å². The zero-order valence-electron chi connectivity index (χ0n) is 19.9. The lowest BCUT2D eigenvalue weighted by atomic mass is 10.0. The molecule has 21 heavy (non-hydrogen) atoms. The molecule has 112 valence electrons. The van der Waals surface area contributed by atoms with Crippen LogP contribution in [0, 0.1) is 0 Å². The molecule has 2 heterocycles. The fourth-order valence-electron chi connectivity index (χ4n) is 2.10. The number of carbonyl (C=O) groups excluding carboxylic acids is 1. The number of benzene rings is 1. The number of alkyl carbamates (subject to hydrolysis) is 1. The molecule has 1 aromatic carbocycles. The van der Waals surface area contributed by atoms with Gasteiger partial charge in [0.1, 0.15) is 6.56 Å². The Bertz CT molecular complexity index is 993. The van der Waals surface area contributed by atoms with E-state index in [9.17, 15) is 4.79 Å². The summed E-state index contributed by atoms with van der Waals surface area (Å²) in [5, 5.41) is 0.339. The van der Waals surface area contributed by atoms with E-state index in [1.54, 1.807) is 0 Å². The van der Waals surface area contributed by atoms with Gasteiger partial charge in [-0.05, 0) is 50.1 Å². The van der Waals surface area contributed by atoms with Crippen LogP contribution >= 0.6 is 0 Å². The number of nitrogens with one attached hydrogen (secondary N) is 2. The Hall–Kier alpha value is -2.01. The van der Waals surface area contributed by atoms with Crippen molar-refractivity contribution in [1.82, 2.24) is 15.2 Å². The maximum atomic E-state index is 11.6. The van der Waals surface area contributed by atoms with Crippen LogP contribution in [0.1, 0.15) is 19.4 Å². The Morgan fingerprint density at radius 1 is 1.62 bits per heavy atom. The molecule has 0 bridgehead atoms. The zero-order chi connectivity index (χ0) is 21.9. The van der Waals surface area contributed by atoms with Gasteiger partial charge >= 0.3 is 6.09 Å². The number of rotatable bonds is 5. The quantitative estimate of drug-likeness (QED) is 0.886. The summed E-state index contributed by atoms with van der Waals surface area (Å²) in [4.78, 5) is 14.5. The van der Waals surface area contributed by atoms with Crippen LogP contribution in [0.2, 0.25) is 2.82 Å². The van der Waals surface area contributed by atoms with Crippen LogP contribution in [0.25, 0.3) is 10.9 Å². The van der Waals surface area contributed by atoms with E-state index in [-0.39, 0.29) is 33.9 Å². The van der Waals surface area contributed by atoms with Gasteiger partial charge in [0, 0.05) is 23.6 Å². The van der Waals surface area contributed by atoms with Gasteiger partial charge in [-0.25, -0.2) is 4.79 Å². The number of carbonyl (C=O) groups is 1. The van der Waals surface area contributed by atoms with Gasteiger partial charge in [0.2, 0.25) is 0 Å². The van der Waals surface area contributed by atoms with E-state index in [4.69, 9.17) is 11.0 Å². The minimum atomic E-state index is -2.84. The minimum absolute atomic E-state index is 0.0578. The summed E-state index contributed by atoms with van der Waals surface area (Å²) >= 11 is 0. The third-order valence-corrected chi connectivity index (χ3v) is 3.17. The largest absolute Gasteiger partial charge is 0.447 e. The van der Waals surface area contributed by atoms with Gasteiger partial charge in [0.15, 0.2) is 2.82 Å². The van der Waals surface area contributed by atoms with Crippen LogP contribution in [0.3, 0.4) is 0 Å². The van der Waals surface area contributed by atoms with Gasteiger partial charge in [-0.2, -0.15) is 0 Å². The average molecular weight is 295 g/mol. The second-order valence-corrected chi connectivity index (χ2v) is 5.12. The van der Waals surface area contributed by atoms with Crippen LogP contribution in [-0.2, 0) is 17.6 Å². The van der Waals surface area contributed by atoms with Crippen LogP contribution in [0.15, 0.2) is 24.3 Å². The summed E-state index contributed by atoms with van der Waals surface area (Å²) in [6.45, 7) is -2.21. The lowest BCUT2D eigenvalue weighted by molar-refractivity contribution is 0.177. The standard InChI is InChI=1S/C16H21N3O2/c1-19(2)6-5-12-9-17-15-4-3-11(8-14(12)15)7-13-10-21-16(20)18-13/h3-4,8-9,13,17H,5-7,10H2,1-2H3,(H,18,20)/t13-/m0/s1/i3D,4D,8D,10D2,13D/hD2. The molecular weight excluding hydrogens is 266 g/mol. The fourth-order valence-corrected chi connectivity index (χ4v) is 2.10. The first kappa shape index (κ1) is 7.31. The van der Waals surface area contributed by atoms with Crippen molar-refractivity contribution in [1.29, 1.82) is 0 Å². The summed E-state index contributed by atoms with van der Waals surface area (Å²) < 4.78 is 69.5. The lowest BCUT2D eigenvalue weighted by Crippen LogP contribution is -2.28. The molecule has 0 aliphatic carbocycles. The molecule has 1 atom stereocenters. The maximum Gasteiger partial charge on any atom is 0.407 e. The lowest BCUT2D eigenvalue weighted by Gasteiger charge is -2.09. The highest BCUT2D eigenvalue weighted by Crippen LogP contribution is 2.21. The molecule has 5 heteroatoms. The van der Waals surface area contributed by atoms with Gasteiger partial charge in [0.25, 0.3) is 0 Å². The van der Waals surface area contributed by atoms with Crippen molar-refractivity contribution in [2.24, 2.45) is 0 Å². The number of nitrogens with zero attached hydrogens (tertiary/aromatic N) is 1. The molecule has 1 fully saturated rings. The molecule has 0 radical (unpaired) electrons. The molecule has 1 aliphatic heterocycles. The van der Waals surface area contributed by atoms with Crippen molar-refractivity contribution in [3.8, 4) is 0 Å². The number of likely N-dealkylation sites (N-methyl/N-ethyl adjacent to an activating group) is 1. The minimum Gasteiger partial charge on any atom is -0.447 e. The van der Waals surface area contributed by atoms with E-state index in [0.717, 1.165) is 4.98 Å². The second-order valence-electron chi connectivity index (χ2n) is 5.12. The number of fused-ring (bicyclic) bond motifs is 1. The van der Waals surface area contributed by atoms with Crippen LogP contribution in [0.4, 0.5) is 4.79 Å². The summed E-state index contributed by atoms with van der Waals surface area (Å²) in [6.07, 6.45) is -0.0526. The van der Waals surface area contributed by atoms with Gasteiger partial charge in [-0.1, -0.05) is 6.04 Å². The molecule has 0 saturated carbocycles. The van der Waals surface area contributed by atoms with Crippen LogP contribution < -0.4 is 5.31 Å². The highest BCUT2D eigenvalue weighted by molar-refractivity contribution is 5.84. The fraction of sp³-hybridized carbons (Fsp3) is 0.438. The van der Waals surface area contributed by atoms with Crippen molar-refractivity contribution in [3.63, 3.8) is 0 Å². The number of hydrogen-bond donors (Lipinski definition) is 2. The van der Waals surface area contributed by atoms with E-state index in [0.29, 0.717) is 18.5 Å². The van der Waals surface area contributed by atoms with E-state index in [1.165, 1.54) is 6.20 Å². The third kappa shape index (κ3) is 3.19. The molecule has 1 aliphatic rings. The monoisotopic (exact) mass is 295 g/mol. The van der Waals surface area contributed by atoms with Crippen molar-refractivity contribution >= 4 is 17.0 Å². The Morgan fingerprint density at radius 2 is 2.48 bits per heavy atom. The maximum absolute atomic E-state index is 11.6. The summed E-state index contributed by atoms with van der Waals surface area (Å²) in [5.74, 6) is 0. The molecule has 2 aromatic rings. The Labute approximate surface area is 135 Å². The molecule has 0 spiro atoms.